The van der Waals surface area contributed by atoms with Crippen LogP contribution in [0.2, 0.25) is 0 Å². The van der Waals surface area contributed by atoms with Gasteiger partial charge in [0.15, 0.2) is 5.56 Å². The van der Waals surface area contributed by atoms with Gasteiger partial charge in [-0.1, -0.05) is 0 Å². The Morgan fingerprint density at radius 3 is 2.83 bits per heavy atom. The molecule has 6 nitrogen and oxygen atoms in total. The molecule has 0 unspecified atom stereocenters. The minimum absolute atomic E-state index is 0.0666. The zero-order chi connectivity index (χ0) is 17.3. The lowest BCUT2D eigenvalue weighted by Crippen LogP contribution is -2.20. The summed E-state index contributed by atoms with van der Waals surface area (Å²) in [5, 5.41) is 10.3. The van der Waals surface area contributed by atoms with Crippen LogP contribution >= 0.6 is 0 Å². The van der Waals surface area contributed by atoms with E-state index in [1.54, 1.807) is 0 Å². The maximum atomic E-state index is 13.5. The summed E-state index contributed by atoms with van der Waals surface area (Å²) in [5.41, 5.74) is -1.45. The van der Waals surface area contributed by atoms with Crippen molar-refractivity contribution in [1.29, 1.82) is 0 Å². The fraction of sp³-hybridized carbons (Fsp3) is 0.0625. The number of nitrogens with one attached hydrogen (secondary N) is 1. The summed E-state index contributed by atoms with van der Waals surface area (Å²) in [5.74, 6) is -3.36. The van der Waals surface area contributed by atoms with Crippen molar-refractivity contribution in [2.24, 2.45) is 0 Å². The second-order valence-electron chi connectivity index (χ2n) is 4.89. The monoisotopic (exact) mass is 332 g/mol. The number of hydrogen-bond donors (Lipinski definition) is 2. The van der Waals surface area contributed by atoms with Gasteiger partial charge < -0.3 is 14.8 Å². The molecule has 0 aliphatic carbocycles. The van der Waals surface area contributed by atoms with Crippen molar-refractivity contribution in [3.63, 3.8) is 0 Å². The first-order chi connectivity index (χ1) is 11.5. The maximum Gasteiger partial charge on any atom is 0.347 e. The van der Waals surface area contributed by atoms with E-state index in [4.69, 9.17) is 4.74 Å². The average molecular weight is 332 g/mol. The van der Waals surface area contributed by atoms with Crippen molar-refractivity contribution in [3.8, 4) is 5.75 Å². The number of fused-ring (bicyclic) bond motifs is 1. The van der Waals surface area contributed by atoms with E-state index in [2.05, 4.69) is 9.97 Å². The first-order valence-corrected chi connectivity index (χ1v) is 6.78. The Labute approximate surface area is 133 Å². The van der Waals surface area contributed by atoms with Gasteiger partial charge in [0.25, 0.3) is 5.56 Å². The molecular formula is C16H10F2N2O4. The summed E-state index contributed by atoms with van der Waals surface area (Å²) in [7, 11) is 0. The number of esters is 1. The lowest BCUT2D eigenvalue weighted by Gasteiger charge is -2.08. The highest BCUT2D eigenvalue weighted by Gasteiger charge is 2.21. The van der Waals surface area contributed by atoms with Crippen LogP contribution in [0.3, 0.4) is 0 Å². The standard InChI is InChI=1S/C16H10F2N2O4/c17-9-4-3-8(11(18)6-9)7-24-16(23)12-13(21)10-2-1-5-19-14(10)20-15(12)22/h1-6H,7H2,(H2,19,20,21,22). The van der Waals surface area contributed by atoms with E-state index in [1.807, 2.05) is 0 Å². The molecule has 3 rings (SSSR count). The van der Waals surface area contributed by atoms with E-state index in [1.165, 1.54) is 18.3 Å². The van der Waals surface area contributed by atoms with Gasteiger partial charge in [-0.3, -0.25) is 4.79 Å². The van der Waals surface area contributed by atoms with E-state index < -0.39 is 41.1 Å². The van der Waals surface area contributed by atoms with Gasteiger partial charge in [0, 0.05) is 17.8 Å². The molecule has 0 atom stereocenters. The highest BCUT2D eigenvalue weighted by Crippen LogP contribution is 2.24. The lowest BCUT2D eigenvalue weighted by atomic mass is 10.2. The van der Waals surface area contributed by atoms with Gasteiger partial charge in [-0.15, -0.1) is 0 Å². The van der Waals surface area contributed by atoms with Crippen molar-refractivity contribution >= 4 is 17.0 Å². The van der Waals surface area contributed by atoms with E-state index in [-0.39, 0.29) is 16.6 Å². The van der Waals surface area contributed by atoms with Gasteiger partial charge >= 0.3 is 5.97 Å². The second-order valence-corrected chi connectivity index (χ2v) is 4.89. The molecule has 3 aromatic rings. The van der Waals surface area contributed by atoms with Gasteiger partial charge in [0.2, 0.25) is 0 Å². The highest BCUT2D eigenvalue weighted by atomic mass is 19.1. The summed E-state index contributed by atoms with van der Waals surface area (Å²) in [6.45, 7) is -0.519. The molecule has 0 fully saturated rings. The predicted molar refractivity (Wildman–Crippen MR) is 79.5 cm³/mol. The lowest BCUT2D eigenvalue weighted by molar-refractivity contribution is 0.0463. The molecule has 0 amide bonds. The third kappa shape index (κ3) is 2.81. The molecule has 122 valence electrons. The van der Waals surface area contributed by atoms with Crippen molar-refractivity contribution in [2.75, 3.05) is 0 Å². The largest absolute Gasteiger partial charge is 0.506 e. The molecule has 2 heterocycles. The van der Waals surface area contributed by atoms with Gasteiger partial charge in [-0.2, -0.15) is 0 Å². The fourth-order valence-electron chi connectivity index (χ4n) is 2.15. The Bertz CT molecular complexity index is 1000. The first kappa shape index (κ1) is 15.6. The summed E-state index contributed by atoms with van der Waals surface area (Å²) < 4.78 is 31.2. The number of carbonyl (C=O) groups excluding carboxylic acids is 1. The normalized spacial score (nSPS) is 10.8. The SMILES string of the molecule is O=C(OCc1ccc(F)cc1F)c1c(O)c2cccnc2[nH]c1=O. The molecule has 0 radical (unpaired) electrons. The quantitative estimate of drug-likeness (QED) is 0.718. The Hall–Kier alpha value is -3.29. The maximum absolute atomic E-state index is 13.5. The number of benzene rings is 1. The van der Waals surface area contributed by atoms with Crippen LogP contribution in [0.1, 0.15) is 15.9 Å². The van der Waals surface area contributed by atoms with Crippen molar-refractivity contribution in [2.45, 2.75) is 6.61 Å². The van der Waals surface area contributed by atoms with Crippen LogP contribution in [0.15, 0.2) is 41.3 Å². The minimum Gasteiger partial charge on any atom is -0.506 e. The fourth-order valence-corrected chi connectivity index (χ4v) is 2.15. The molecule has 2 N–H and O–H groups in total. The molecule has 8 heteroatoms. The van der Waals surface area contributed by atoms with Gasteiger partial charge in [0.1, 0.15) is 29.6 Å². The van der Waals surface area contributed by atoms with Crippen LogP contribution in [0.4, 0.5) is 8.78 Å². The van der Waals surface area contributed by atoms with Gasteiger partial charge in [-0.05, 0) is 24.3 Å². The number of aromatic amines is 1. The van der Waals surface area contributed by atoms with Crippen LogP contribution < -0.4 is 5.56 Å². The van der Waals surface area contributed by atoms with E-state index >= 15 is 0 Å². The van der Waals surface area contributed by atoms with Crippen molar-refractivity contribution in [3.05, 3.63) is 69.6 Å². The number of aromatic nitrogens is 2. The molecule has 0 aliphatic heterocycles. The van der Waals surface area contributed by atoms with Crippen LogP contribution in [0.5, 0.6) is 5.75 Å². The smallest absolute Gasteiger partial charge is 0.347 e. The van der Waals surface area contributed by atoms with Crippen LogP contribution in [0, 0.1) is 11.6 Å². The van der Waals surface area contributed by atoms with Crippen molar-refractivity contribution < 1.29 is 23.4 Å². The Morgan fingerprint density at radius 1 is 1.29 bits per heavy atom. The number of aromatic hydroxyl groups is 1. The molecule has 0 saturated carbocycles. The zero-order valence-corrected chi connectivity index (χ0v) is 12.0. The number of hydrogen-bond acceptors (Lipinski definition) is 5. The average Bonchev–Trinajstić information content (AvgIpc) is 2.54. The molecule has 2 aromatic heterocycles. The van der Waals surface area contributed by atoms with Crippen LogP contribution in [-0.2, 0) is 11.3 Å². The second kappa shape index (κ2) is 6.07. The van der Waals surface area contributed by atoms with Gasteiger partial charge in [0.05, 0.1) is 5.39 Å². The van der Waals surface area contributed by atoms with E-state index in [0.717, 1.165) is 12.1 Å². The molecule has 24 heavy (non-hydrogen) atoms. The molecule has 0 bridgehead atoms. The molecule has 1 aromatic carbocycles. The molecule has 0 saturated heterocycles. The van der Waals surface area contributed by atoms with E-state index in [9.17, 15) is 23.5 Å². The van der Waals surface area contributed by atoms with Crippen LogP contribution in [0.25, 0.3) is 11.0 Å². The third-order valence-electron chi connectivity index (χ3n) is 3.34. The number of carbonyl (C=O) groups is 1. The highest BCUT2D eigenvalue weighted by molar-refractivity contribution is 5.98. The Balaban J connectivity index is 1.90. The molecule has 0 spiro atoms. The first-order valence-electron chi connectivity index (χ1n) is 6.78. The van der Waals surface area contributed by atoms with Gasteiger partial charge in [-0.25, -0.2) is 18.6 Å². The summed E-state index contributed by atoms with van der Waals surface area (Å²) in [6, 6.07) is 5.76. The number of ether oxygens (including phenoxy) is 1. The minimum atomic E-state index is -1.14. The summed E-state index contributed by atoms with van der Waals surface area (Å²) in [6.07, 6.45) is 1.41. The molecular weight excluding hydrogens is 322 g/mol. The predicted octanol–water partition coefficient (Wildman–Crippen LogP) is 2.26. The van der Waals surface area contributed by atoms with E-state index in [0.29, 0.717) is 6.07 Å². The number of pyridine rings is 2. The third-order valence-corrected chi connectivity index (χ3v) is 3.34. The molecule has 0 aliphatic rings. The Kier molecular flexibility index (Phi) is 3.95. The topological polar surface area (TPSA) is 92.3 Å². The number of halogens is 2. The number of rotatable bonds is 3. The summed E-state index contributed by atoms with van der Waals surface area (Å²) >= 11 is 0. The summed E-state index contributed by atoms with van der Waals surface area (Å²) in [4.78, 5) is 30.2. The number of nitrogens with zero attached hydrogens (tertiary/aromatic N) is 1. The number of H-pyrrole nitrogens is 1. The Morgan fingerprint density at radius 2 is 2.08 bits per heavy atom. The van der Waals surface area contributed by atoms with Crippen LogP contribution in [-0.4, -0.2) is 21.0 Å². The zero-order valence-electron chi connectivity index (χ0n) is 12.0. The van der Waals surface area contributed by atoms with Crippen molar-refractivity contribution in [1.82, 2.24) is 9.97 Å².